The molecule has 4 atom stereocenters. The van der Waals surface area contributed by atoms with Gasteiger partial charge < -0.3 is 0 Å². The number of nitro groups is 1. The third kappa shape index (κ3) is 4.04. The Morgan fingerprint density at radius 1 is 0.878 bits per heavy atom. The first-order valence-corrected chi connectivity index (χ1v) is 14.3. The average Bonchev–Trinajstić information content (AvgIpc) is 3.30. The molecular weight excluding hydrogens is 710 g/mol. The summed E-state index contributed by atoms with van der Waals surface area (Å²) in [5, 5.41) is 11.5. The largest absolute Gasteiger partial charge is 0.292 e. The van der Waals surface area contributed by atoms with Gasteiger partial charge in [0.25, 0.3) is 23.4 Å². The normalized spacial score (nSPS) is 27.9. The number of nitro benzene ring substituents is 1. The molecule has 41 heavy (non-hydrogen) atoms. The lowest BCUT2D eigenvalue weighted by atomic mass is 9.84. The fourth-order valence-electron chi connectivity index (χ4n) is 5.26. The molecule has 2 fully saturated rings. The van der Waals surface area contributed by atoms with Crippen LogP contribution in [0.15, 0.2) is 52.5 Å². The number of halogens is 8. The molecule has 2 bridgehead atoms. The third-order valence-electron chi connectivity index (χ3n) is 7.21. The minimum Gasteiger partial charge on any atom is -0.292 e. The van der Waals surface area contributed by atoms with Crippen molar-refractivity contribution in [2.45, 2.75) is 14.1 Å². The minimum absolute atomic E-state index is 0.0597. The van der Waals surface area contributed by atoms with Crippen molar-refractivity contribution in [2.75, 3.05) is 6.54 Å². The van der Waals surface area contributed by atoms with E-state index in [-0.39, 0.29) is 36.9 Å². The van der Waals surface area contributed by atoms with Crippen LogP contribution in [-0.2, 0) is 9.59 Å². The van der Waals surface area contributed by atoms with Crippen LogP contribution < -0.4 is 0 Å². The van der Waals surface area contributed by atoms with Crippen LogP contribution in [0.1, 0.15) is 20.7 Å². The number of fused-ring (bicyclic) bond motifs is 5. The van der Waals surface area contributed by atoms with Gasteiger partial charge >= 0.3 is 0 Å². The number of carbonyl (C=O) groups is 4. The van der Waals surface area contributed by atoms with E-state index < -0.39 is 60.9 Å². The zero-order valence-corrected chi connectivity index (χ0v) is 25.8. The predicted octanol–water partition coefficient (Wildman–Crippen LogP) is 6.59. The quantitative estimate of drug-likeness (QED) is 0.109. The molecular formula is C24H11Cl8N3O6. The number of non-ortho nitro benzene ring substituents is 1. The maximum atomic E-state index is 13.9. The number of Topliss-reactive ketones (excluding diaryl/α,β-unsaturated/α-hetero) is 1. The van der Waals surface area contributed by atoms with Crippen LogP contribution in [0.4, 0.5) is 5.69 Å². The number of benzene rings is 2. The highest BCUT2D eigenvalue weighted by Gasteiger charge is 2.88. The van der Waals surface area contributed by atoms with Crippen molar-refractivity contribution in [3.63, 3.8) is 0 Å². The predicted molar refractivity (Wildman–Crippen MR) is 154 cm³/mol. The Kier molecular flexibility index (Phi) is 7.57. The molecule has 2 aliphatic carbocycles. The summed E-state index contributed by atoms with van der Waals surface area (Å²) in [6.07, 6.45) is 0. The number of amides is 3. The molecule has 2 aromatic rings. The molecule has 0 aromatic heterocycles. The van der Waals surface area contributed by atoms with Crippen LogP contribution in [0.25, 0.3) is 0 Å². The fourth-order valence-corrected chi connectivity index (χ4v) is 8.71. The maximum Gasteiger partial charge on any atom is 0.273 e. The van der Waals surface area contributed by atoms with Crippen molar-refractivity contribution < 1.29 is 24.1 Å². The number of hydrogen-bond donors (Lipinski definition) is 0. The summed E-state index contributed by atoms with van der Waals surface area (Å²) in [5.41, 5.74) is -0.612. The van der Waals surface area contributed by atoms with Gasteiger partial charge in [0, 0.05) is 28.3 Å². The van der Waals surface area contributed by atoms with E-state index in [0.29, 0.717) is 10.0 Å². The van der Waals surface area contributed by atoms with Gasteiger partial charge in [0.2, 0.25) is 0 Å². The Morgan fingerprint density at radius 2 is 1.39 bits per heavy atom. The average molecular weight is 721 g/mol. The number of hydrazine groups is 1. The van der Waals surface area contributed by atoms with Gasteiger partial charge in [-0.25, -0.2) is 5.01 Å². The van der Waals surface area contributed by atoms with E-state index in [9.17, 15) is 29.3 Å². The first kappa shape index (κ1) is 30.6. The second-order valence-corrected chi connectivity index (χ2v) is 13.4. The highest BCUT2D eigenvalue weighted by molar-refractivity contribution is 6.66. The fraction of sp³-hybridized carbons (Fsp3) is 0.250. The molecule has 3 amide bonds. The lowest BCUT2D eigenvalue weighted by molar-refractivity contribution is -0.384. The molecule has 0 spiro atoms. The van der Waals surface area contributed by atoms with Gasteiger partial charge in [-0.1, -0.05) is 69.6 Å². The summed E-state index contributed by atoms with van der Waals surface area (Å²) in [7, 11) is 0. The molecule has 1 aliphatic heterocycles. The van der Waals surface area contributed by atoms with Crippen LogP contribution in [0.3, 0.4) is 0 Å². The first-order valence-electron chi connectivity index (χ1n) is 11.3. The van der Waals surface area contributed by atoms with Gasteiger partial charge in [0.15, 0.2) is 10.1 Å². The molecule has 0 radical (unpaired) electrons. The second kappa shape index (κ2) is 10.1. The van der Waals surface area contributed by atoms with Crippen LogP contribution in [0, 0.1) is 22.0 Å². The van der Waals surface area contributed by atoms with E-state index in [0.717, 1.165) is 24.3 Å². The number of carbonyl (C=O) groups excluding carboxylic acids is 4. The highest BCUT2D eigenvalue weighted by Crippen LogP contribution is 2.77. The molecule has 9 nitrogen and oxygen atoms in total. The van der Waals surface area contributed by atoms with E-state index in [4.69, 9.17) is 92.8 Å². The summed E-state index contributed by atoms with van der Waals surface area (Å²) in [6.45, 7) is -0.888. The van der Waals surface area contributed by atoms with Crippen molar-refractivity contribution in [3.05, 3.63) is 83.8 Å². The molecule has 214 valence electrons. The maximum absolute atomic E-state index is 13.9. The van der Waals surface area contributed by atoms with Gasteiger partial charge in [-0.15, -0.1) is 23.2 Å². The third-order valence-corrected chi connectivity index (χ3v) is 12.0. The number of hydrogen-bond acceptors (Lipinski definition) is 6. The SMILES string of the molecule is O=C(CN(C(=O)c1ccc([N+](=O)[O-])cc1)N1C(=O)[C@@H]2[C@H](C1=O)[C@@]1(Cl)C(Cl)=C(Cl)[C@@]2(Cl)C1(Cl)Cl)c1ccc(Cl)cc1Cl. The Labute approximate surface area is 270 Å². The lowest BCUT2D eigenvalue weighted by Crippen LogP contribution is -2.56. The monoisotopic (exact) mass is 717 g/mol. The van der Waals surface area contributed by atoms with Crippen molar-refractivity contribution >= 4 is 122 Å². The van der Waals surface area contributed by atoms with Gasteiger partial charge in [-0.2, -0.15) is 5.01 Å². The van der Waals surface area contributed by atoms with Crippen LogP contribution in [0.2, 0.25) is 10.0 Å². The molecule has 1 saturated carbocycles. The van der Waals surface area contributed by atoms with Gasteiger partial charge in [0.05, 0.1) is 31.8 Å². The van der Waals surface area contributed by atoms with Gasteiger partial charge in [-0.3, -0.25) is 29.3 Å². The van der Waals surface area contributed by atoms with E-state index in [2.05, 4.69) is 0 Å². The molecule has 3 aliphatic rings. The van der Waals surface area contributed by atoms with Crippen molar-refractivity contribution in [1.82, 2.24) is 10.0 Å². The summed E-state index contributed by atoms with van der Waals surface area (Å²) in [6, 6.07) is 8.21. The second-order valence-electron chi connectivity index (χ2n) is 9.28. The molecule has 2 aromatic carbocycles. The Morgan fingerprint density at radius 3 is 1.85 bits per heavy atom. The standard InChI is InChI=1S/C24H11Cl8N3O6/c25-10-3-6-12(13(26)7-10)14(36)8-33(19(37)9-1-4-11(5-2-9)35(40)41)34-20(38)15-16(21(34)39)23(30)18(28)17(27)22(15,29)24(23,31)32/h1-7,15-16H,8H2/t15-,16+,22-,23-/m1/s1. The van der Waals surface area contributed by atoms with Crippen LogP contribution >= 0.6 is 92.8 Å². The van der Waals surface area contributed by atoms with Gasteiger partial charge in [-0.05, 0) is 30.3 Å². The van der Waals surface area contributed by atoms with Gasteiger partial charge in [0.1, 0.15) is 16.3 Å². The topological polar surface area (TPSA) is 118 Å². The molecule has 5 rings (SSSR count). The highest BCUT2D eigenvalue weighted by atomic mass is 35.5. The molecule has 17 heteroatoms. The number of allylic oxidation sites excluding steroid dienone is 2. The number of nitrogens with zero attached hydrogens (tertiary/aromatic N) is 3. The minimum atomic E-state index is -2.22. The summed E-state index contributed by atoms with van der Waals surface area (Å²) in [4.78, 5) is 61.0. The molecule has 1 saturated heterocycles. The van der Waals surface area contributed by atoms with E-state index in [1.54, 1.807) is 0 Å². The Balaban J connectivity index is 1.60. The van der Waals surface area contributed by atoms with E-state index in [1.165, 1.54) is 18.2 Å². The lowest BCUT2D eigenvalue weighted by Gasteiger charge is -2.36. The molecule has 0 unspecified atom stereocenters. The van der Waals surface area contributed by atoms with Crippen LogP contribution in [-0.4, -0.2) is 59.1 Å². The van der Waals surface area contributed by atoms with Crippen molar-refractivity contribution in [2.24, 2.45) is 11.8 Å². The Bertz CT molecular complexity index is 1570. The number of rotatable bonds is 6. The first-order chi connectivity index (χ1) is 19.0. The number of ketones is 1. The molecule has 0 N–H and O–H groups in total. The molecule has 1 heterocycles. The number of alkyl halides is 4. The van der Waals surface area contributed by atoms with E-state index >= 15 is 0 Å². The zero-order chi connectivity index (χ0) is 30.4. The summed E-state index contributed by atoms with van der Waals surface area (Å²) < 4.78 is -2.22. The summed E-state index contributed by atoms with van der Waals surface area (Å²) in [5.74, 6) is -7.18. The zero-order valence-electron chi connectivity index (χ0n) is 19.7. The summed E-state index contributed by atoms with van der Waals surface area (Å²) >= 11 is 51.3. The van der Waals surface area contributed by atoms with Crippen LogP contribution in [0.5, 0.6) is 0 Å². The smallest absolute Gasteiger partial charge is 0.273 e. The van der Waals surface area contributed by atoms with Crippen molar-refractivity contribution in [3.8, 4) is 0 Å². The van der Waals surface area contributed by atoms with Crippen molar-refractivity contribution in [1.29, 1.82) is 0 Å². The van der Waals surface area contributed by atoms with E-state index in [1.807, 2.05) is 0 Å². The number of imide groups is 1. The Hall–Kier alpha value is -1.82.